The molecule has 0 saturated heterocycles. The second-order valence-electron chi connectivity index (χ2n) is 4.23. The first-order valence-electron chi connectivity index (χ1n) is 6.31. The summed E-state index contributed by atoms with van der Waals surface area (Å²) in [5.41, 5.74) is 0. The summed E-state index contributed by atoms with van der Waals surface area (Å²) in [7, 11) is 0. The topological polar surface area (TPSA) is 0 Å². The van der Waals surface area contributed by atoms with Crippen molar-refractivity contribution in [3.63, 3.8) is 0 Å². The van der Waals surface area contributed by atoms with Crippen LogP contribution in [-0.2, 0) is 0 Å². The Balaban J connectivity index is 0. The van der Waals surface area contributed by atoms with Crippen LogP contribution in [0.15, 0.2) is 0 Å². The van der Waals surface area contributed by atoms with E-state index in [1.165, 1.54) is 12.8 Å². The van der Waals surface area contributed by atoms with Crippen molar-refractivity contribution in [1.82, 2.24) is 0 Å². The van der Waals surface area contributed by atoms with E-state index >= 15 is 0 Å². The van der Waals surface area contributed by atoms with Gasteiger partial charge >= 0.3 is 0 Å². The van der Waals surface area contributed by atoms with E-state index in [0.29, 0.717) is 12.8 Å². The van der Waals surface area contributed by atoms with Crippen molar-refractivity contribution in [3.05, 3.63) is 0 Å². The van der Waals surface area contributed by atoms with Crippen molar-refractivity contribution >= 4 is 0 Å². The molecule has 15 heavy (non-hydrogen) atoms. The summed E-state index contributed by atoms with van der Waals surface area (Å²) < 4.78 is 25.5. The fourth-order valence-electron chi connectivity index (χ4n) is 1.35. The predicted octanol–water partition coefficient (Wildman–Crippen LogP) is 5.66. The standard InChI is InChI=1S/C9H18F2.C4H10/c1-4-6-8(7-5-2)9(3,10)11;1-3-4-2/h8H,4-7H2,1-3H3;3-4H2,1-2H3. The molecule has 0 amide bonds. The Bertz CT molecular complexity index is 108. The second kappa shape index (κ2) is 10.4. The zero-order chi connectivity index (χ0) is 12.3. The van der Waals surface area contributed by atoms with Crippen LogP contribution in [0.25, 0.3) is 0 Å². The van der Waals surface area contributed by atoms with E-state index in [1.54, 1.807) is 0 Å². The van der Waals surface area contributed by atoms with Crippen molar-refractivity contribution < 1.29 is 8.78 Å². The normalized spacial score (nSPS) is 11.2. The van der Waals surface area contributed by atoms with Gasteiger partial charge in [-0.2, -0.15) is 0 Å². The number of alkyl halides is 2. The molecule has 0 saturated carbocycles. The Morgan fingerprint density at radius 3 is 1.27 bits per heavy atom. The van der Waals surface area contributed by atoms with Gasteiger partial charge in [0.2, 0.25) is 5.92 Å². The highest BCUT2D eigenvalue weighted by molar-refractivity contribution is 4.71. The molecule has 0 aliphatic carbocycles. The number of rotatable bonds is 6. The molecule has 0 aliphatic heterocycles. The third-order valence-corrected chi connectivity index (χ3v) is 2.49. The van der Waals surface area contributed by atoms with Crippen molar-refractivity contribution in [3.8, 4) is 0 Å². The first-order valence-corrected chi connectivity index (χ1v) is 6.31. The molecule has 0 radical (unpaired) electrons. The van der Waals surface area contributed by atoms with Gasteiger partial charge < -0.3 is 0 Å². The maximum Gasteiger partial charge on any atom is 0.248 e. The summed E-state index contributed by atoms with van der Waals surface area (Å²) in [5.74, 6) is -2.89. The summed E-state index contributed by atoms with van der Waals surface area (Å²) in [6.45, 7) is 9.30. The molecule has 0 aromatic heterocycles. The van der Waals surface area contributed by atoms with Crippen molar-refractivity contribution in [1.29, 1.82) is 0 Å². The van der Waals surface area contributed by atoms with Crippen LogP contribution in [-0.4, -0.2) is 5.92 Å². The first kappa shape index (κ1) is 17.3. The molecule has 0 aliphatic rings. The Morgan fingerprint density at radius 2 is 1.13 bits per heavy atom. The van der Waals surface area contributed by atoms with Gasteiger partial charge in [0.25, 0.3) is 0 Å². The smallest absolute Gasteiger partial charge is 0.207 e. The number of halogens is 2. The Labute approximate surface area is 94.5 Å². The fraction of sp³-hybridized carbons (Fsp3) is 1.00. The van der Waals surface area contributed by atoms with Crippen LogP contribution >= 0.6 is 0 Å². The van der Waals surface area contributed by atoms with E-state index < -0.39 is 11.8 Å². The predicted molar refractivity (Wildman–Crippen MR) is 64.5 cm³/mol. The first-order chi connectivity index (χ1) is 6.93. The van der Waals surface area contributed by atoms with E-state index in [0.717, 1.165) is 19.8 Å². The molecule has 2 heteroatoms. The zero-order valence-corrected chi connectivity index (χ0v) is 11.1. The number of hydrogen-bond donors (Lipinski definition) is 0. The van der Waals surface area contributed by atoms with Crippen molar-refractivity contribution in [2.24, 2.45) is 5.92 Å². The minimum Gasteiger partial charge on any atom is -0.207 e. The third kappa shape index (κ3) is 11.8. The van der Waals surface area contributed by atoms with Gasteiger partial charge in [0.15, 0.2) is 0 Å². The van der Waals surface area contributed by atoms with E-state index in [4.69, 9.17) is 0 Å². The number of hydrogen-bond acceptors (Lipinski definition) is 0. The van der Waals surface area contributed by atoms with E-state index in [-0.39, 0.29) is 0 Å². The van der Waals surface area contributed by atoms with Gasteiger partial charge in [0, 0.05) is 5.92 Å². The molecule has 0 aromatic rings. The SMILES string of the molecule is CCCC.CCCC(CCC)C(C)(F)F. The average Bonchev–Trinajstić information content (AvgIpc) is 2.17. The van der Waals surface area contributed by atoms with Crippen LogP contribution in [0.3, 0.4) is 0 Å². The van der Waals surface area contributed by atoms with E-state index in [9.17, 15) is 8.78 Å². The van der Waals surface area contributed by atoms with Gasteiger partial charge in [0.05, 0.1) is 0 Å². The second-order valence-corrected chi connectivity index (χ2v) is 4.23. The minimum absolute atomic E-state index is 0.405. The lowest BCUT2D eigenvalue weighted by atomic mass is 9.93. The van der Waals surface area contributed by atoms with Crippen LogP contribution in [0.1, 0.15) is 73.1 Å². The van der Waals surface area contributed by atoms with Gasteiger partial charge in [-0.05, 0) is 19.8 Å². The molecule has 0 fully saturated rings. The average molecular weight is 222 g/mol. The summed E-state index contributed by atoms with van der Waals surface area (Å²) >= 11 is 0. The molecule has 0 nitrogen and oxygen atoms in total. The van der Waals surface area contributed by atoms with E-state index in [1.807, 2.05) is 13.8 Å². The summed E-state index contributed by atoms with van der Waals surface area (Å²) in [4.78, 5) is 0. The quantitative estimate of drug-likeness (QED) is 0.543. The molecule has 94 valence electrons. The van der Waals surface area contributed by atoms with Crippen LogP contribution in [0.2, 0.25) is 0 Å². The summed E-state index contributed by atoms with van der Waals surface area (Å²) in [6.07, 6.45) is 5.65. The molecule has 0 atom stereocenters. The zero-order valence-electron chi connectivity index (χ0n) is 11.1. The van der Waals surface area contributed by atoms with Crippen LogP contribution in [0.5, 0.6) is 0 Å². The molecule has 0 aromatic carbocycles. The lowest BCUT2D eigenvalue weighted by Gasteiger charge is -2.22. The molecule has 0 rings (SSSR count). The van der Waals surface area contributed by atoms with Crippen molar-refractivity contribution in [2.45, 2.75) is 79.1 Å². The molecule has 0 N–H and O–H groups in total. The highest BCUT2D eigenvalue weighted by Gasteiger charge is 2.31. The molecule has 0 heterocycles. The van der Waals surface area contributed by atoms with Gasteiger partial charge in [-0.15, -0.1) is 0 Å². The van der Waals surface area contributed by atoms with Gasteiger partial charge in [-0.3, -0.25) is 0 Å². The molecule has 0 unspecified atom stereocenters. The molecule has 0 spiro atoms. The number of unbranched alkanes of at least 4 members (excludes halogenated alkanes) is 1. The van der Waals surface area contributed by atoms with Crippen LogP contribution in [0.4, 0.5) is 8.78 Å². The fourth-order valence-corrected chi connectivity index (χ4v) is 1.35. The Kier molecular flexibility index (Phi) is 11.9. The maximum absolute atomic E-state index is 12.8. The molecular formula is C13H28F2. The molecular weight excluding hydrogens is 194 g/mol. The highest BCUT2D eigenvalue weighted by Crippen LogP contribution is 2.31. The van der Waals surface area contributed by atoms with Crippen molar-refractivity contribution in [2.75, 3.05) is 0 Å². The highest BCUT2D eigenvalue weighted by atomic mass is 19.3. The van der Waals surface area contributed by atoms with Gasteiger partial charge in [0.1, 0.15) is 0 Å². The largest absolute Gasteiger partial charge is 0.248 e. The summed E-state index contributed by atoms with van der Waals surface area (Å²) in [5, 5.41) is 0. The van der Waals surface area contributed by atoms with Crippen LogP contribution < -0.4 is 0 Å². The minimum atomic E-state index is -2.48. The lowest BCUT2D eigenvalue weighted by molar-refractivity contribution is -0.0464. The lowest BCUT2D eigenvalue weighted by Crippen LogP contribution is -2.23. The van der Waals surface area contributed by atoms with Gasteiger partial charge in [-0.25, -0.2) is 8.78 Å². The monoisotopic (exact) mass is 222 g/mol. The Hall–Kier alpha value is -0.140. The molecule has 0 bridgehead atoms. The maximum atomic E-state index is 12.8. The van der Waals surface area contributed by atoms with Gasteiger partial charge in [-0.1, -0.05) is 53.4 Å². The summed E-state index contributed by atoms with van der Waals surface area (Å²) in [6, 6.07) is 0. The van der Waals surface area contributed by atoms with Crippen LogP contribution in [0, 0.1) is 5.92 Å². The third-order valence-electron chi connectivity index (χ3n) is 2.49. The van der Waals surface area contributed by atoms with E-state index in [2.05, 4.69) is 13.8 Å². The Morgan fingerprint density at radius 1 is 0.800 bits per heavy atom.